The molecule has 0 spiro atoms. The summed E-state index contributed by atoms with van der Waals surface area (Å²) < 4.78 is 166. The van der Waals surface area contributed by atoms with Crippen LogP contribution in [0.5, 0.6) is 0 Å². The number of Topliss-reactive ketones (excluding diaryl/α,β-unsaturated/α-hetero) is 1. The molecule has 0 aliphatic rings. The number of alkyl halides is 12. The van der Waals surface area contributed by atoms with Crippen LogP contribution in [0.15, 0.2) is 97.1 Å². The Hall–Kier alpha value is -4.45. The summed E-state index contributed by atoms with van der Waals surface area (Å²) in [6.07, 6.45) is -21.9. The van der Waals surface area contributed by atoms with E-state index in [9.17, 15) is 57.5 Å². The van der Waals surface area contributed by atoms with Crippen LogP contribution in [0, 0.1) is 0 Å². The van der Waals surface area contributed by atoms with Crippen LogP contribution in [0.1, 0.15) is 75.4 Å². The van der Waals surface area contributed by atoms with Crippen LogP contribution in [0.3, 0.4) is 0 Å². The molecule has 54 heavy (non-hydrogen) atoms. The second-order valence-corrected chi connectivity index (χ2v) is 12.1. The Labute approximate surface area is 301 Å². The fourth-order valence-corrected chi connectivity index (χ4v) is 4.83. The van der Waals surface area contributed by atoms with Crippen LogP contribution in [-0.2, 0) is 39.7 Å². The third-order valence-electron chi connectivity index (χ3n) is 8.02. The Morgan fingerprint density at radius 1 is 0.556 bits per heavy atom. The Balaban J connectivity index is 0.000000291. The van der Waals surface area contributed by atoms with E-state index in [1.54, 1.807) is 48.5 Å². The van der Waals surface area contributed by atoms with Gasteiger partial charge in [0.2, 0.25) is 0 Å². The lowest BCUT2D eigenvalue weighted by atomic mass is 9.92. The summed E-state index contributed by atoms with van der Waals surface area (Å²) in [6, 6.07) is 19.3. The van der Waals surface area contributed by atoms with Crippen LogP contribution >= 0.6 is 0 Å². The highest BCUT2D eigenvalue weighted by molar-refractivity contribution is 5.97. The van der Waals surface area contributed by atoms with Crippen molar-refractivity contribution in [2.45, 2.75) is 56.3 Å². The number of halogens is 12. The largest absolute Gasteiger partial charge is 0.416 e. The third-order valence-corrected chi connectivity index (χ3v) is 8.02. The van der Waals surface area contributed by atoms with E-state index in [0.29, 0.717) is 35.4 Å². The fraction of sp³-hybridized carbons (Fsp3) is 0.324. The van der Waals surface area contributed by atoms with E-state index in [-0.39, 0.29) is 36.4 Å². The zero-order chi connectivity index (χ0) is 40.7. The number of hydrogen-bond acceptors (Lipinski definition) is 5. The maximum absolute atomic E-state index is 13.0. The smallest absolute Gasteiger partial charge is 0.371 e. The molecular weight excluding hydrogens is 748 g/mol. The van der Waals surface area contributed by atoms with Gasteiger partial charge in [-0.25, -0.2) is 0 Å². The third kappa shape index (κ3) is 12.3. The van der Waals surface area contributed by atoms with Crippen molar-refractivity contribution in [3.05, 3.63) is 142 Å². The van der Waals surface area contributed by atoms with E-state index >= 15 is 0 Å². The van der Waals surface area contributed by atoms with Gasteiger partial charge in [-0.05, 0) is 66.9 Å². The maximum atomic E-state index is 13.0. The molecule has 0 bridgehead atoms. The average Bonchev–Trinajstić information content (AvgIpc) is 3.11. The van der Waals surface area contributed by atoms with Gasteiger partial charge in [-0.1, -0.05) is 60.7 Å². The second-order valence-electron chi connectivity index (χ2n) is 12.1. The highest BCUT2D eigenvalue weighted by Crippen LogP contribution is 2.39. The van der Waals surface area contributed by atoms with Crippen molar-refractivity contribution in [1.29, 1.82) is 0 Å². The standard InChI is InChI=1S/C19H20F6N2O.C18H14F6O2/c1-12(28-11-17(27,10-26)14-5-3-2-4-6-14)13-7-15(18(20,21)22)9-16(8-13)19(23,24)25;1-11(26-10-16(25)12-5-3-2-4-6-12)13-7-14(17(19,20)21)9-15(8-13)18(22,23)24/h2-9,12H,10-11,26-27H2,1H3;2-9,11H,10H2,1H3. The summed E-state index contributed by atoms with van der Waals surface area (Å²) in [5.74, 6) is -0.430. The van der Waals surface area contributed by atoms with Crippen molar-refractivity contribution < 1.29 is 67.0 Å². The van der Waals surface area contributed by atoms with Crippen LogP contribution in [-0.4, -0.2) is 25.5 Å². The average molecular weight is 783 g/mol. The topological polar surface area (TPSA) is 87.6 Å². The zero-order valence-corrected chi connectivity index (χ0v) is 28.4. The number of benzene rings is 4. The number of carbonyl (C=O) groups excluding carboxylic acids is 1. The van der Waals surface area contributed by atoms with E-state index in [1.165, 1.54) is 26.0 Å². The first kappa shape index (κ1) is 44.0. The van der Waals surface area contributed by atoms with Gasteiger partial charge in [0.15, 0.2) is 5.78 Å². The minimum Gasteiger partial charge on any atom is -0.371 e. The second kappa shape index (κ2) is 17.3. The molecule has 0 heterocycles. The SMILES string of the molecule is CC(OCC(=O)c1ccccc1)c1cc(C(F)(F)F)cc(C(F)(F)F)c1.CC(OCC(N)(CN)c1ccccc1)c1cc(C(F)(F)F)cc(C(F)(F)F)c1. The van der Waals surface area contributed by atoms with E-state index in [0.717, 1.165) is 0 Å². The Kier molecular flexibility index (Phi) is 14.1. The summed E-state index contributed by atoms with van der Waals surface area (Å²) >= 11 is 0. The van der Waals surface area contributed by atoms with Gasteiger partial charge in [-0.2, -0.15) is 52.7 Å². The van der Waals surface area contributed by atoms with Crippen molar-refractivity contribution in [3.63, 3.8) is 0 Å². The lowest BCUT2D eigenvalue weighted by Crippen LogP contribution is -2.48. The Morgan fingerprint density at radius 3 is 1.26 bits per heavy atom. The first-order valence-electron chi connectivity index (χ1n) is 15.8. The normalized spacial score (nSPS) is 14.7. The van der Waals surface area contributed by atoms with E-state index < -0.39 is 77.1 Å². The minimum absolute atomic E-state index is 0.0277. The van der Waals surface area contributed by atoms with Gasteiger partial charge in [0, 0.05) is 12.1 Å². The molecule has 3 atom stereocenters. The lowest BCUT2D eigenvalue weighted by molar-refractivity contribution is -0.144. The number of rotatable bonds is 11. The quantitative estimate of drug-likeness (QED) is 0.117. The van der Waals surface area contributed by atoms with Crippen LogP contribution in [0.2, 0.25) is 0 Å². The van der Waals surface area contributed by atoms with Crippen molar-refractivity contribution in [3.8, 4) is 0 Å². The van der Waals surface area contributed by atoms with Crippen LogP contribution < -0.4 is 11.5 Å². The Morgan fingerprint density at radius 2 is 0.907 bits per heavy atom. The van der Waals surface area contributed by atoms with Gasteiger partial charge in [-0.3, -0.25) is 4.79 Å². The number of ether oxygens (including phenoxy) is 2. The number of nitrogens with two attached hydrogens (primary N) is 2. The molecule has 3 unspecified atom stereocenters. The van der Waals surface area contributed by atoms with Crippen LogP contribution in [0.4, 0.5) is 52.7 Å². The molecule has 4 aromatic carbocycles. The number of carbonyl (C=O) groups is 1. The zero-order valence-electron chi connectivity index (χ0n) is 28.4. The molecule has 0 radical (unpaired) electrons. The summed E-state index contributed by atoms with van der Waals surface area (Å²) in [7, 11) is 0. The molecule has 4 rings (SSSR count). The highest BCUT2D eigenvalue weighted by atomic mass is 19.4. The molecule has 17 heteroatoms. The van der Waals surface area contributed by atoms with Gasteiger partial charge < -0.3 is 20.9 Å². The van der Waals surface area contributed by atoms with Gasteiger partial charge in [0.05, 0.1) is 46.6 Å². The summed E-state index contributed by atoms with van der Waals surface area (Å²) in [5.41, 5.74) is 5.59. The molecule has 0 aliphatic heterocycles. The number of hydrogen-bond donors (Lipinski definition) is 2. The highest BCUT2D eigenvalue weighted by Gasteiger charge is 2.39. The molecule has 0 saturated heterocycles. The summed E-state index contributed by atoms with van der Waals surface area (Å²) in [5, 5.41) is 0. The maximum Gasteiger partial charge on any atom is 0.416 e. The summed E-state index contributed by atoms with van der Waals surface area (Å²) in [4.78, 5) is 11.9. The minimum atomic E-state index is -4.93. The first-order valence-corrected chi connectivity index (χ1v) is 15.8. The van der Waals surface area contributed by atoms with E-state index in [2.05, 4.69) is 0 Å². The monoisotopic (exact) mass is 782 g/mol. The molecule has 0 fully saturated rings. The van der Waals surface area contributed by atoms with E-state index in [1.807, 2.05) is 0 Å². The first-order chi connectivity index (χ1) is 24.8. The van der Waals surface area contributed by atoms with Crippen molar-refractivity contribution in [2.24, 2.45) is 11.5 Å². The molecule has 294 valence electrons. The lowest BCUT2D eigenvalue weighted by Gasteiger charge is -2.30. The van der Waals surface area contributed by atoms with E-state index in [4.69, 9.17) is 20.9 Å². The Bertz CT molecular complexity index is 1760. The summed E-state index contributed by atoms with van der Waals surface area (Å²) in [6.45, 7) is 1.96. The van der Waals surface area contributed by atoms with Crippen molar-refractivity contribution in [1.82, 2.24) is 0 Å². The fourth-order valence-electron chi connectivity index (χ4n) is 4.83. The molecule has 0 aliphatic carbocycles. The molecule has 4 N–H and O–H groups in total. The predicted molar refractivity (Wildman–Crippen MR) is 174 cm³/mol. The van der Waals surface area contributed by atoms with Gasteiger partial charge in [0.25, 0.3) is 0 Å². The van der Waals surface area contributed by atoms with Crippen molar-refractivity contribution in [2.75, 3.05) is 19.8 Å². The molecule has 0 saturated carbocycles. The van der Waals surface area contributed by atoms with Gasteiger partial charge in [-0.15, -0.1) is 0 Å². The number of ketones is 1. The van der Waals surface area contributed by atoms with Gasteiger partial charge >= 0.3 is 24.7 Å². The molecule has 4 aromatic rings. The van der Waals surface area contributed by atoms with Gasteiger partial charge in [0.1, 0.15) is 6.61 Å². The molecule has 0 amide bonds. The molecule has 5 nitrogen and oxygen atoms in total. The molecule has 0 aromatic heterocycles. The predicted octanol–water partition coefficient (Wildman–Crippen LogP) is 10.3. The van der Waals surface area contributed by atoms with Crippen LogP contribution in [0.25, 0.3) is 0 Å². The van der Waals surface area contributed by atoms with Crippen molar-refractivity contribution >= 4 is 5.78 Å². The molecular formula is C37H34F12N2O3.